The maximum atomic E-state index is 12.1. The molecule has 0 bridgehead atoms. The van der Waals surface area contributed by atoms with Crippen molar-refractivity contribution >= 4 is 39.7 Å². The van der Waals surface area contributed by atoms with Crippen molar-refractivity contribution < 1.29 is 17.9 Å². The van der Waals surface area contributed by atoms with Crippen LogP contribution in [0.4, 0.5) is 11.4 Å². The predicted octanol–water partition coefficient (Wildman–Crippen LogP) is 0.925. The number of hydrogen-bond donors (Lipinski definition) is 3. The first-order valence-electron chi connectivity index (χ1n) is 6.61. The third-order valence-electron chi connectivity index (χ3n) is 3.10. The number of sulfonamides is 1. The number of rotatable bonds is 5. The van der Waals surface area contributed by atoms with Crippen LogP contribution in [0.1, 0.15) is 12.8 Å². The Balaban J connectivity index is 0.00000242. The van der Waals surface area contributed by atoms with E-state index in [0.29, 0.717) is 24.3 Å². The van der Waals surface area contributed by atoms with Gasteiger partial charge in [-0.1, -0.05) is 6.07 Å². The van der Waals surface area contributed by atoms with Crippen molar-refractivity contribution in [2.75, 3.05) is 22.8 Å². The lowest BCUT2D eigenvalue weighted by Gasteiger charge is -2.13. The fraction of sp³-hybridized carbons (Fsp3) is 0.462. The highest BCUT2D eigenvalue weighted by Crippen LogP contribution is 2.21. The minimum absolute atomic E-state index is 0. The van der Waals surface area contributed by atoms with Crippen LogP contribution in [0.2, 0.25) is 0 Å². The fourth-order valence-electron chi connectivity index (χ4n) is 2.17. The van der Waals surface area contributed by atoms with Gasteiger partial charge in [0.2, 0.25) is 10.0 Å². The lowest BCUT2D eigenvalue weighted by Crippen LogP contribution is -2.29. The zero-order chi connectivity index (χ0) is 15.5. The van der Waals surface area contributed by atoms with E-state index in [1.165, 1.54) is 0 Å². The first kappa shape index (κ1) is 18.7. The van der Waals surface area contributed by atoms with Gasteiger partial charge in [0.25, 0.3) is 5.91 Å². The van der Waals surface area contributed by atoms with Gasteiger partial charge in [-0.15, -0.1) is 12.4 Å². The smallest absolute Gasteiger partial charge is 0.253 e. The lowest BCUT2D eigenvalue weighted by atomic mass is 10.2. The third kappa shape index (κ3) is 5.45. The van der Waals surface area contributed by atoms with Crippen molar-refractivity contribution in [3.8, 4) is 0 Å². The van der Waals surface area contributed by atoms with E-state index in [9.17, 15) is 13.2 Å². The average molecular weight is 350 g/mol. The average Bonchev–Trinajstić information content (AvgIpc) is 2.85. The molecule has 2 rings (SSSR count). The highest BCUT2D eigenvalue weighted by atomic mass is 35.5. The number of nitrogens with one attached hydrogen (secondary N) is 2. The molecule has 1 fully saturated rings. The topological polar surface area (TPSA) is 111 Å². The van der Waals surface area contributed by atoms with Crippen molar-refractivity contribution in [2.24, 2.45) is 5.73 Å². The van der Waals surface area contributed by atoms with Gasteiger partial charge >= 0.3 is 0 Å². The Hall–Kier alpha value is -1.35. The van der Waals surface area contributed by atoms with Gasteiger partial charge in [0.1, 0.15) is 6.10 Å². The van der Waals surface area contributed by atoms with Gasteiger partial charge in [0.05, 0.1) is 18.0 Å². The van der Waals surface area contributed by atoms with E-state index < -0.39 is 16.1 Å². The maximum Gasteiger partial charge on any atom is 0.253 e. The molecular weight excluding hydrogens is 330 g/mol. The predicted molar refractivity (Wildman–Crippen MR) is 87.7 cm³/mol. The van der Waals surface area contributed by atoms with Crippen molar-refractivity contribution in [1.82, 2.24) is 0 Å². The van der Waals surface area contributed by atoms with E-state index >= 15 is 0 Å². The summed E-state index contributed by atoms with van der Waals surface area (Å²) in [6.07, 6.45) is 1.89. The van der Waals surface area contributed by atoms with E-state index in [0.717, 1.165) is 12.7 Å². The molecule has 1 aliphatic heterocycles. The lowest BCUT2D eigenvalue weighted by molar-refractivity contribution is -0.126. The summed E-state index contributed by atoms with van der Waals surface area (Å²) in [6, 6.07) is 6.49. The van der Waals surface area contributed by atoms with Gasteiger partial charge in [0, 0.05) is 12.2 Å². The number of hydrogen-bond acceptors (Lipinski definition) is 5. The number of carbonyl (C=O) groups is 1. The standard InChI is InChI=1S/C13H19N3O4S.ClH/c1-21(18,19)16-10-4-2-3-9(7-10)15-13(17)12-6-5-11(8-14)20-12;/h2-4,7,11-12,16H,5-6,8,14H2,1H3,(H,15,17);1H/t11-,12+;/m1./s1. The molecule has 1 saturated heterocycles. The Morgan fingerprint density at radius 3 is 2.64 bits per heavy atom. The molecule has 0 radical (unpaired) electrons. The molecule has 9 heteroatoms. The molecule has 0 aromatic heterocycles. The van der Waals surface area contributed by atoms with E-state index in [1.807, 2.05) is 0 Å². The van der Waals surface area contributed by atoms with Gasteiger partial charge in [-0.2, -0.15) is 0 Å². The minimum Gasteiger partial charge on any atom is -0.364 e. The Morgan fingerprint density at radius 1 is 1.36 bits per heavy atom. The molecule has 0 saturated carbocycles. The first-order chi connectivity index (χ1) is 9.87. The molecule has 0 spiro atoms. The summed E-state index contributed by atoms with van der Waals surface area (Å²) < 4.78 is 30.2. The van der Waals surface area contributed by atoms with Crippen molar-refractivity contribution in [3.05, 3.63) is 24.3 Å². The summed E-state index contributed by atoms with van der Waals surface area (Å²) in [6.45, 7) is 0.400. The molecule has 7 nitrogen and oxygen atoms in total. The summed E-state index contributed by atoms with van der Waals surface area (Å²) in [4.78, 5) is 12.1. The van der Waals surface area contributed by atoms with Crippen LogP contribution >= 0.6 is 12.4 Å². The summed E-state index contributed by atoms with van der Waals surface area (Å²) in [7, 11) is -3.35. The summed E-state index contributed by atoms with van der Waals surface area (Å²) >= 11 is 0. The fourth-order valence-corrected chi connectivity index (χ4v) is 2.72. The molecule has 2 atom stereocenters. The van der Waals surface area contributed by atoms with E-state index in [-0.39, 0.29) is 24.4 Å². The molecule has 1 aromatic rings. The Labute approximate surface area is 136 Å². The van der Waals surface area contributed by atoms with Gasteiger partial charge in [-0.3, -0.25) is 9.52 Å². The highest BCUT2D eigenvalue weighted by Gasteiger charge is 2.29. The van der Waals surface area contributed by atoms with E-state index in [1.54, 1.807) is 24.3 Å². The minimum atomic E-state index is -3.35. The normalized spacial score (nSPS) is 21.0. The van der Waals surface area contributed by atoms with E-state index in [4.69, 9.17) is 10.5 Å². The summed E-state index contributed by atoms with van der Waals surface area (Å²) in [5.41, 5.74) is 6.40. The quantitative estimate of drug-likeness (QED) is 0.732. The highest BCUT2D eigenvalue weighted by molar-refractivity contribution is 7.92. The molecule has 1 heterocycles. The molecule has 22 heavy (non-hydrogen) atoms. The van der Waals surface area contributed by atoms with Crippen LogP contribution in [0.5, 0.6) is 0 Å². The SMILES string of the molecule is CS(=O)(=O)Nc1cccc(NC(=O)[C@@H]2CC[C@H](CN)O2)c1.Cl. The monoisotopic (exact) mass is 349 g/mol. The van der Waals surface area contributed by atoms with Gasteiger partial charge < -0.3 is 15.8 Å². The summed E-state index contributed by atoms with van der Waals surface area (Å²) in [5.74, 6) is -0.248. The van der Waals surface area contributed by atoms with Crippen LogP contribution in [-0.2, 0) is 19.6 Å². The van der Waals surface area contributed by atoms with Crippen molar-refractivity contribution in [3.63, 3.8) is 0 Å². The second-order valence-corrected chi connectivity index (χ2v) is 6.75. The molecule has 0 aliphatic carbocycles. The Bertz CT molecular complexity index is 623. The number of amides is 1. The number of carbonyl (C=O) groups excluding carboxylic acids is 1. The zero-order valence-corrected chi connectivity index (χ0v) is 13.7. The van der Waals surface area contributed by atoms with Crippen LogP contribution in [0.3, 0.4) is 0 Å². The second kappa shape index (κ2) is 7.77. The number of nitrogens with two attached hydrogens (primary N) is 1. The van der Waals surface area contributed by atoms with Crippen LogP contribution < -0.4 is 15.8 Å². The zero-order valence-electron chi connectivity index (χ0n) is 12.1. The second-order valence-electron chi connectivity index (χ2n) is 5.00. The van der Waals surface area contributed by atoms with Crippen LogP contribution in [0, 0.1) is 0 Å². The van der Waals surface area contributed by atoms with Crippen molar-refractivity contribution in [2.45, 2.75) is 25.0 Å². The summed E-state index contributed by atoms with van der Waals surface area (Å²) in [5, 5.41) is 2.72. The van der Waals surface area contributed by atoms with Gasteiger partial charge in [-0.05, 0) is 31.0 Å². The third-order valence-corrected chi connectivity index (χ3v) is 3.70. The largest absolute Gasteiger partial charge is 0.364 e. The molecule has 0 unspecified atom stereocenters. The molecule has 1 aromatic carbocycles. The molecule has 1 amide bonds. The maximum absolute atomic E-state index is 12.1. The molecule has 1 aliphatic rings. The Morgan fingerprint density at radius 2 is 2.05 bits per heavy atom. The first-order valence-corrected chi connectivity index (χ1v) is 8.51. The van der Waals surface area contributed by atoms with Crippen LogP contribution in [0.15, 0.2) is 24.3 Å². The van der Waals surface area contributed by atoms with Crippen LogP contribution in [0.25, 0.3) is 0 Å². The van der Waals surface area contributed by atoms with Crippen LogP contribution in [-0.4, -0.2) is 39.3 Å². The molecule has 124 valence electrons. The van der Waals surface area contributed by atoms with Gasteiger partial charge in [0.15, 0.2) is 0 Å². The number of halogens is 1. The number of anilines is 2. The van der Waals surface area contributed by atoms with E-state index in [2.05, 4.69) is 10.0 Å². The van der Waals surface area contributed by atoms with Gasteiger partial charge in [-0.25, -0.2) is 8.42 Å². The number of benzene rings is 1. The molecule has 4 N–H and O–H groups in total. The van der Waals surface area contributed by atoms with Crippen molar-refractivity contribution in [1.29, 1.82) is 0 Å². The number of ether oxygens (including phenoxy) is 1. The molecular formula is C13H20ClN3O4S. The Kier molecular flexibility index (Phi) is 6.61.